The Morgan fingerprint density at radius 3 is 2.66 bits per heavy atom. The number of rotatable bonds is 2. The Morgan fingerprint density at radius 1 is 1.17 bits per heavy atom. The van der Waals surface area contributed by atoms with E-state index in [1.165, 1.54) is 18.3 Å². The third kappa shape index (κ3) is 3.99. The van der Waals surface area contributed by atoms with E-state index >= 15 is 0 Å². The van der Waals surface area contributed by atoms with Gasteiger partial charge >= 0.3 is 6.18 Å². The smallest absolute Gasteiger partial charge is 0.381 e. The van der Waals surface area contributed by atoms with Gasteiger partial charge in [-0.1, -0.05) is 17.7 Å². The average molecular weight is 430 g/mol. The molecule has 0 atom stereocenters. The summed E-state index contributed by atoms with van der Waals surface area (Å²) in [7, 11) is 0. The van der Waals surface area contributed by atoms with Gasteiger partial charge in [0, 0.05) is 39.1 Å². The standard InChI is InChI=1S/C19H19ClF3N3O3/c20-16-15(25-6-9-29-18(12-25)4-7-28-8-5-18)11-24-26(17(16)27)14-3-1-2-13(10-14)19(21,22)23/h1-3,10-11H,4-9,12H2. The Labute approximate surface area is 169 Å². The van der Waals surface area contributed by atoms with E-state index in [1.807, 2.05) is 4.90 Å². The minimum absolute atomic E-state index is 0.00107. The van der Waals surface area contributed by atoms with Gasteiger partial charge in [-0.15, -0.1) is 0 Å². The molecule has 6 nitrogen and oxygen atoms in total. The van der Waals surface area contributed by atoms with Gasteiger partial charge in [-0.05, 0) is 18.2 Å². The molecule has 10 heteroatoms. The summed E-state index contributed by atoms with van der Waals surface area (Å²) in [6.07, 6.45) is -1.61. The van der Waals surface area contributed by atoms with Crippen LogP contribution in [-0.4, -0.2) is 48.3 Å². The molecule has 2 fully saturated rings. The van der Waals surface area contributed by atoms with Gasteiger partial charge < -0.3 is 14.4 Å². The summed E-state index contributed by atoms with van der Waals surface area (Å²) in [5, 5.41) is 4.00. The molecule has 0 saturated carbocycles. The van der Waals surface area contributed by atoms with Crippen LogP contribution >= 0.6 is 11.6 Å². The molecule has 3 heterocycles. The Balaban J connectivity index is 1.65. The normalized spacial score (nSPS) is 19.5. The third-order valence-electron chi connectivity index (χ3n) is 5.31. The van der Waals surface area contributed by atoms with Crippen LogP contribution in [-0.2, 0) is 15.7 Å². The first-order valence-corrected chi connectivity index (χ1v) is 9.59. The topological polar surface area (TPSA) is 56.6 Å². The van der Waals surface area contributed by atoms with Crippen molar-refractivity contribution in [3.05, 3.63) is 51.4 Å². The van der Waals surface area contributed by atoms with Crippen LogP contribution in [0.3, 0.4) is 0 Å². The van der Waals surface area contributed by atoms with Crippen molar-refractivity contribution in [3.63, 3.8) is 0 Å². The van der Waals surface area contributed by atoms with Gasteiger partial charge in [0.15, 0.2) is 0 Å². The van der Waals surface area contributed by atoms with Gasteiger partial charge in [0.05, 0.1) is 35.3 Å². The zero-order valence-corrected chi connectivity index (χ0v) is 16.2. The molecule has 0 radical (unpaired) electrons. The van der Waals surface area contributed by atoms with E-state index in [0.29, 0.717) is 38.6 Å². The van der Waals surface area contributed by atoms with Crippen LogP contribution in [0.15, 0.2) is 35.3 Å². The highest BCUT2D eigenvalue weighted by Gasteiger charge is 2.39. The number of hydrogen-bond donors (Lipinski definition) is 0. The molecule has 0 aliphatic carbocycles. The van der Waals surface area contributed by atoms with Crippen molar-refractivity contribution < 1.29 is 22.6 Å². The van der Waals surface area contributed by atoms with Gasteiger partial charge in [-0.2, -0.15) is 23.0 Å². The summed E-state index contributed by atoms with van der Waals surface area (Å²) in [5.74, 6) is 0. The number of anilines is 1. The predicted molar refractivity (Wildman–Crippen MR) is 101 cm³/mol. The van der Waals surface area contributed by atoms with E-state index in [2.05, 4.69) is 5.10 Å². The van der Waals surface area contributed by atoms with Crippen molar-refractivity contribution in [1.82, 2.24) is 9.78 Å². The average Bonchev–Trinajstić information content (AvgIpc) is 2.70. The fourth-order valence-electron chi connectivity index (χ4n) is 3.74. The molecule has 0 unspecified atom stereocenters. The molecule has 4 rings (SSSR count). The molecule has 2 aliphatic rings. The van der Waals surface area contributed by atoms with Crippen LogP contribution in [0.2, 0.25) is 5.02 Å². The minimum Gasteiger partial charge on any atom is -0.381 e. The van der Waals surface area contributed by atoms with E-state index < -0.39 is 17.3 Å². The highest BCUT2D eigenvalue weighted by atomic mass is 35.5. The van der Waals surface area contributed by atoms with Crippen molar-refractivity contribution in [2.75, 3.05) is 37.8 Å². The second-order valence-corrected chi connectivity index (χ2v) is 7.55. The number of ether oxygens (including phenoxy) is 2. The lowest BCUT2D eigenvalue weighted by Crippen LogP contribution is -2.54. The number of hydrogen-bond acceptors (Lipinski definition) is 5. The molecule has 1 aromatic heterocycles. The SMILES string of the molecule is O=c1c(Cl)c(N2CCOC3(CCOCC3)C2)cnn1-c1cccc(C(F)(F)F)c1. The summed E-state index contributed by atoms with van der Waals surface area (Å²) < 4.78 is 51.2. The summed E-state index contributed by atoms with van der Waals surface area (Å²) in [5.41, 5.74) is -1.43. The molecule has 2 aliphatic heterocycles. The molecule has 29 heavy (non-hydrogen) atoms. The van der Waals surface area contributed by atoms with Gasteiger partial charge in [-0.3, -0.25) is 4.79 Å². The first-order valence-electron chi connectivity index (χ1n) is 9.21. The summed E-state index contributed by atoms with van der Waals surface area (Å²) >= 11 is 6.34. The van der Waals surface area contributed by atoms with Crippen LogP contribution in [0.25, 0.3) is 5.69 Å². The second-order valence-electron chi connectivity index (χ2n) is 7.17. The van der Waals surface area contributed by atoms with Crippen molar-refractivity contribution in [2.45, 2.75) is 24.6 Å². The van der Waals surface area contributed by atoms with Gasteiger partial charge in [0.1, 0.15) is 5.02 Å². The summed E-state index contributed by atoms with van der Waals surface area (Å²) in [6.45, 7) is 2.78. The fourth-order valence-corrected chi connectivity index (χ4v) is 3.99. The third-order valence-corrected chi connectivity index (χ3v) is 5.67. The second kappa shape index (κ2) is 7.62. The summed E-state index contributed by atoms with van der Waals surface area (Å²) in [4.78, 5) is 14.7. The van der Waals surface area contributed by atoms with E-state index in [9.17, 15) is 18.0 Å². The maximum absolute atomic E-state index is 13.0. The number of benzene rings is 1. The number of morpholine rings is 1. The van der Waals surface area contributed by atoms with Crippen molar-refractivity contribution in [2.24, 2.45) is 0 Å². The molecule has 0 amide bonds. The van der Waals surface area contributed by atoms with Gasteiger partial charge in [0.2, 0.25) is 0 Å². The quantitative estimate of drug-likeness (QED) is 0.733. The Morgan fingerprint density at radius 2 is 1.93 bits per heavy atom. The zero-order valence-electron chi connectivity index (χ0n) is 15.4. The first-order chi connectivity index (χ1) is 13.8. The van der Waals surface area contributed by atoms with Gasteiger partial charge in [0.25, 0.3) is 5.56 Å². The largest absolute Gasteiger partial charge is 0.416 e. The monoisotopic (exact) mass is 429 g/mol. The van der Waals surface area contributed by atoms with Crippen molar-refractivity contribution >= 4 is 17.3 Å². The summed E-state index contributed by atoms with van der Waals surface area (Å²) in [6, 6.07) is 4.41. The van der Waals surface area contributed by atoms with Crippen LogP contribution in [0.4, 0.5) is 18.9 Å². The maximum atomic E-state index is 13.0. The van der Waals surface area contributed by atoms with E-state index in [0.717, 1.165) is 29.7 Å². The van der Waals surface area contributed by atoms with Gasteiger partial charge in [-0.25, -0.2) is 0 Å². The highest BCUT2D eigenvalue weighted by molar-refractivity contribution is 6.33. The van der Waals surface area contributed by atoms with E-state index in [-0.39, 0.29) is 16.3 Å². The Kier molecular flexibility index (Phi) is 5.30. The molecule has 0 bridgehead atoms. The molecule has 2 aromatic rings. The van der Waals surface area contributed by atoms with Crippen molar-refractivity contribution in [3.8, 4) is 5.69 Å². The van der Waals surface area contributed by atoms with Crippen LogP contribution in [0, 0.1) is 0 Å². The minimum atomic E-state index is -4.52. The lowest BCUT2D eigenvalue weighted by molar-refractivity contribution is -0.137. The predicted octanol–water partition coefficient (Wildman–Crippen LogP) is 3.29. The first kappa shape index (κ1) is 20.2. The Bertz CT molecular complexity index is 952. The Hall–Kier alpha value is -2.10. The molecular weight excluding hydrogens is 411 g/mol. The number of nitrogens with zero attached hydrogens (tertiary/aromatic N) is 3. The number of alkyl halides is 3. The fraction of sp³-hybridized carbons (Fsp3) is 0.474. The van der Waals surface area contributed by atoms with Crippen LogP contribution < -0.4 is 10.5 Å². The van der Waals surface area contributed by atoms with E-state index in [1.54, 1.807) is 0 Å². The molecule has 1 aromatic carbocycles. The molecule has 2 saturated heterocycles. The highest BCUT2D eigenvalue weighted by Crippen LogP contribution is 2.33. The van der Waals surface area contributed by atoms with E-state index in [4.69, 9.17) is 21.1 Å². The van der Waals surface area contributed by atoms with Crippen molar-refractivity contribution in [1.29, 1.82) is 0 Å². The lowest BCUT2D eigenvalue weighted by atomic mass is 9.92. The number of aromatic nitrogens is 2. The molecule has 156 valence electrons. The molecule has 1 spiro atoms. The van der Waals surface area contributed by atoms with Crippen LogP contribution in [0.5, 0.6) is 0 Å². The molecule has 0 N–H and O–H groups in total. The molecular formula is C19H19ClF3N3O3. The van der Waals surface area contributed by atoms with Crippen LogP contribution in [0.1, 0.15) is 18.4 Å². The lowest BCUT2D eigenvalue weighted by Gasteiger charge is -2.45. The zero-order chi connectivity index (χ0) is 20.6. The maximum Gasteiger partial charge on any atom is 0.416 e. The number of halogens is 4.